The van der Waals surface area contributed by atoms with Gasteiger partial charge in [0.25, 0.3) is 5.56 Å². The fourth-order valence-electron chi connectivity index (χ4n) is 2.71. The highest BCUT2D eigenvalue weighted by Crippen LogP contribution is 2.23. The van der Waals surface area contributed by atoms with Crippen LogP contribution in [0.4, 0.5) is 17.3 Å². The summed E-state index contributed by atoms with van der Waals surface area (Å²) in [5, 5.41) is 15.8. The minimum atomic E-state index is -0.557. The van der Waals surface area contributed by atoms with Crippen LogP contribution in [0.3, 0.4) is 0 Å². The summed E-state index contributed by atoms with van der Waals surface area (Å²) in [7, 11) is 0. The molecular formula is C21H19ClN6O2. The van der Waals surface area contributed by atoms with E-state index >= 15 is 0 Å². The first-order chi connectivity index (χ1) is 14.5. The number of hydrogen-bond acceptors (Lipinski definition) is 6. The molecule has 0 bridgehead atoms. The largest absolute Gasteiger partial charge is 0.330 e. The number of nitrogens with one attached hydrogen (secondary N) is 3. The Bertz CT molecular complexity index is 1130. The van der Waals surface area contributed by atoms with Gasteiger partial charge in [0, 0.05) is 28.4 Å². The number of nitrogens with two attached hydrogens (primary N) is 1. The van der Waals surface area contributed by atoms with E-state index in [2.05, 4.69) is 20.6 Å². The van der Waals surface area contributed by atoms with E-state index < -0.39 is 5.56 Å². The van der Waals surface area contributed by atoms with Crippen LogP contribution >= 0.6 is 11.6 Å². The van der Waals surface area contributed by atoms with Crippen molar-refractivity contribution in [1.29, 1.82) is 5.26 Å². The van der Waals surface area contributed by atoms with E-state index in [1.54, 1.807) is 48.5 Å². The number of rotatable bonds is 7. The van der Waals surface area contributed by atoms with Crippen molar-refractivity contribution in [2.45, 2.75) is 12.8 Å². The Labute approximate surface area is 177 Å². The Balaban J connectivity index is 1.87. The minimum absolute atomic E-state index is 0.101. The number of carbonyl (C=O) groups is 1. The fourth-order valence-corrected chi connectivity index (χ4v) is 2.84. The van der Waals surface area contributed by atoms with Crippen molar-refractivity contribution < 1.29 is 4.79 Å². The van der Waals surface area contributed by atoms with Crippen molar-refractivity contribution in [2.75, 3.05) is 17.2 Å². The van der Waals surface area contributed by atoms with Crippen LogP contribution in [0, 0.1) is 11.3 Å². The summed E-state index contributed by atoms with van der Waals surface area (Å²) in [6, 6.07) is 15.5. The third kappa shape index (κ3) is 5.23. The van der Waals surface area contributed by atoms with E-state index in [4.69, 9.17) is 17.3 Å². The van der Waals surface area contributed by atoms with Gasteiger partial charge >= 0.3 is 0 Å². The lowest BCUT2D eigenvalue weighted by atomic mass is 10.1. The summed E-state index contributed by atoms with van der Waals surface area (Å²) >= 11 is 5.88. The van der Waals surface area contributed by atoms with E-state index in [0.717, 1.165) is 0 Å². The van der Waals surface area contributed by atoms with Gasteiger partial charge < -0.3 is 16.4 Å². The number of amides is 1. The lowest BCUT2D eigenvalue weighted by Crippen LogP contribution is -2.16. The molecule has 3 aromatic rings. The van der Waals surface area contributed by atoms with Gasteiger partial charge in [-0.05, 0) is 49.4 Å². The molecule has 0 aliphatic rings. The van der Waals surface area contributed by atoms with Crippen LogP contribution < -0.4 is 21.9 Å². The number of carbonyl (C=O) groups excluding carboxylic acids is 1. The molecule has 5 N–H and O–H groups in total. The smallest absolute Gasteiger partial charge is 0.270 e. The topological polar surface area (TPSA) is 137 Å². The summed E-state index contributed by atoms with van der Waals surface area (Å²) in [4.78, 5) is 31.2. The lowest BCUT2D eigenvalue weighted by molar-refractivity contribution is -0.116. The molecule has 0 saturated heterocycles. The Morgan fingerprint density at radius 3 is 2.43 bits per heavy atom. The van der Waals surface area contributed by atoms with Gasteiger partial charge in [0.05, 0.1) is 5.69 Å². The number of nitrogens with zero attached hydrogens (tertiary/aromatic N) is 2. The van der Waals surface area contributed by atoms with Crippen molar-refractivity contribution in [1.82, 2.24) is 9.97 Å². The van der Waals surface area contributed by atoms with Gasteiger partial charge in [-0.3, -0.25) is 14.6 Å². The second-order valence-corrected chi connectivity index (χ2v) is 6.84. The molecular weight excluding hydrogens is 404 g/mol. The zero-order chi connectivity index (χ0) is 21.5. The molecule has 0 aliphatic heterocycles. The van der Waals surface area contributed by atoms with Gasteiger partial charge in [0.1, 0.15) is 11.6 Å². The average Bonchev–Trinajstić information content (AvgIpc) is 2.74. The first-order valence-corrected chi connectivity index (χ1v) is 9.55. The Morgan fingerprint density at radius 2 is 1.80 bits per heavy atom. The first-order valence-electron chi connectivity index (χ1n) is 9.17. The third-order valence-electron chi connectivity index (χ3n) is 4.19. The highest BCUT2D eigenvalue weighted by molar-refractivity contribution is 6.30. The van der Waals surface area contributed by atoms with E-state index in [1.165, 1.54) is 0 Å². The summed E-state index contributed by atoms with van der Waals surface area (Å²) in [5.41, 5.74) is 6.83. The predicted molar refractivity (Wildman–Crippen MR) is 117 cm³/mol. The maximum Gasteiger partial charge on any atom is 0.270 e. The zero-order valence-electron chi connectivity index (χ0n) is 15.9. The number of aromatic nitrogens is 2. The summed E-state index contributed by atoms with van der Waals surface area (Å²) in [6.07, 6.45) is 0.946. The van der Waals surface area contributed by atoms with Crippen LogP contribution in [0.2, 0.25) is 5.02 Å². The minimum Gasteiger partial charge on any atom is -0.330 e. The Hall–Kier alpha value is -3.67. The quantitative estimate of drug-likeness (QED) is 0.460. The highest BCUT2D eigenvalue weighted by atomic mass is 35.5. The molecule has 9 heteroatoms. The molecule has 1 aromatic heterocycles. The van der Waals surface area contributed by atoms with Crippen LogP contribution in [-0.4, -0.2) is 22.4 Å². The molecule has 1 amide bonds. The van der Waals surface area contributed by atoms with Gasteiger partial charge in [0.15, 0.2) is 0 Å². The number of H-pyrrole nitrogens is 1. The van der Waals surface area contributed by atoms with Gasteiger partial charge in [0.2, 0.25) is 11.9 Å². The molecule has 8 nitrogen and oxygen atoms in total. The van der Waals surface area contributed by atoms with Crippen molar-refractivity contribution >= 4 is 34.8 Å². The van der Waals surface area contributed by atoms with Gasteiger partial charge in [-0.1, -0.05) is 23.7 Å². The van der Waals surface area contributed by atoms with E-state index in [0.29, 0.717) is 41.3 Å². The van der Waals surface area contributed by atoms with Gasteiger partial charge in [-0.2, -0.15) is 5.26 Å². The van der Waals surface area contributed by atoms with Crippen molar-refractivity contribution in [2.24, 2.45) is 5.73 Å². The van der Waals surface area contributed by atoms with Crippen molar-refractivity contribution in [3.05, 3.63) is 69.5 Å². The van der Waals surface area contributed by atoms with Gasteiger partial charge in [-0.25, -0.2) is 4.98 Å². The standard InChI is InChI=1S/C21H19ClN6O2/c22-14-5-9-16(10-6-14)26-21-27-19(17(12-24)20(30)28-21)13-3-7-15(8-4-13)25-18(29)2-1-11-23/h3-10H,1-2,11,23H2,(H,25,29)(H2,26,27,28,30). The van der Waals surface area contributed by atoms with E-state index in [-0.39, 0.29) is 23.1 Å². The molecule has 152 valence electrons. The normalized spacial score (nSPS) is 10.3. The molecule has 0 atom stereocenters. The average molecular weight is 423 g/mol. The number of hydrogen-bond donors (Lipinski definition) is 4. The van der Waals surface area contributed by atoms with Crippen LogP contribution in [0.25, 0.3) is 11.3 Å². The predicted octanol–water partition coefficient (Wildman–Crippen LogP) is 3.38. The first kappa shape index (κ1) is 21.0. The zero-order valence-corrected chi connectivity index (χ0v) is 16.7. The molecule has 0 saturated carbocycles. The molecule has 0 radical (unpaired) electrons. The summed E-state index contributed by atoms with van der Waals surface area (Å²) in [6.45, 7) is 0.448. The molecule has 2 aromatic carbocycles. The summed E-state index contributed by atoms with van der Waals surface area (Å²) in [5.74, 6) is 0.0603. The lowest BCUT2D eigenvalue weighted by Gasteiger charge is -2.10. The maximum atomic E-state index is 12.4. The van der Waals surface area contributed by atoms with Crippen molar-refractivity contribution in [3.8, 4) is 17.3 Å². The number of anilines is 3. The fraction of sp³-hybridized carbons (Fsp3) is 0.143. The Kier molecular flexibility index (Phi) is 6.80. The van der Waals surface area contributed by atoms with Crippen LogP contribution in [-0.2, 0) is 4.79 Å². The number of benzene rings is 2. The van der Waals surface area contributed by atoms with E-state index in [9.17, 15) is 14.9 Å². The molecule has 3 rings (SSSR count). The molecule has 0 fully saturated rings. The Morgan fingerprint density at radius 1 is 1.13 bits per heavy atom. The number of halogens is 1. The third-order valence-corrected chi connectivity index (χ3v) is 4.44. The monoisotopic (exact) mass is 422 g/mol. The van der Waals surface area contributed by atoms with E-state index in [1.807, 2.05) is 6.07 Å². The number of aromatic amines is 1. The number of nitriles is 1. The molecule has 0 unspecified atom stereocenters. The van der Waals surface area contributed by atoms with Crippen LogP contribution in [0.15, 0.2) is 53.3 Å². The van der Waals surface area contributed by atoms with Gasteiger partial charge in [-0.15, -0.1) is 0 Å². The van der Waals surface area contributed by atoms with Crippen molar-refractivity contribution in [3.63, 3.8) is 0 Å². The van der Waals surface area contributed by atoms with Crippen LogP contribution in [0.1, 0.15) is 18.4 Å². The highest BCUT2D eigenvalue weighted by Gasteiger charge is 2.14. The second kappa shape index (κ2) is 9.69. The second-order valence-electron chi connectivity index (χ2n) is 6.40. The molecule has 0 spiro atoms. The molecule has 30 heavy (non-hydrogen) atoms. The maximum absolute atomic E-state index is 12.4. The SMILES string of the molecule is N#Cc1c(-c2ccc(NC(=O)CCCN)cc2)nc(Nc2ccc(Cl)cc2)[nH]c1=O. The molecule has 0 aliphatic carbocycles. The molecule has 1 heterocycles. The summed E-state index contributed by atoms with van der Waals surface area (Å²) < 4.78 is 0. The van der Waals surface area contributed by atoms with Crippen LogP contribution in [0.5, 0.6) is 0 Å².